The Kier molecular flexibility index (Phi) is 5.17. The maximum Gasteiger partial charge on any atom is 0.227 e. The van der Waals surface area contributed by atoms with E-state index in [1.807, 2.05) is 73.5 Å². The van der Waals surface area contributed by atoms with Crippen molar-refractivity contribution in [1.82, 2.24) is 4.90 Å². The first kappa shape index (κ1) is 17.2. The van der Waals surface area contributed by atoms with Gasteiger partial charge in [-0.1, -0.05) is 42.5 Å². The van der Waals surface area contributed by atoms with Gasteiger partial charge in [-0.3, -0.25) is 9.59 Å². The smallest absolute Gasteiger partial charge is 0.227 e. The van der Waals surface area contributed by atoms with Gasteiger partial charge in [0.05, 0.1) is 12.5 Å². The fourth-order valence-corrected chi connectivity index (χ4v) is 3.19. The van der Waals surface area contributed by atoms with Crippen molar-refractivity contribution < 1.29 is 9.59 Å². The van der Waals surface area contributed by atoms with Gasteiger partial charge in [-0.15, -0.1) is 0 Å². The molecule has 2 aromatic carbocycles. The van der Waals surface area contributed by atoms with Gasteiger partial charge < -0.3 is 9.80 Å². The number of rotatable bonds is 5. The minimum Gasteiger partial charge on any atom is -0.339 e. The van der Waals surface area contributed by atoms with E-state index in [9.17, 15) is 9.59 Å². The standard InChI is InChI=1S/C21H24N2O2/c1-16(18-7-4-3-5-8-18)22(2)21(25)15-17-10-12-19(13-11-17)23-14-6-9-20(23)24/h3-5,7-8,10-13,16H,6,9,14-15H2,1-2H3/t16-/m0/s1. The van der Waals surface area contributed by atoms with Crippen LogP contribution >= 0.6 is 0 Å². The number of hydrogen-bond donors (Lipinski definition) is 0. The Labute approximate surface area is 149 Å². The lowest BCUT2D eigenvalue weighted by Gasteiger charge is -2.25. The molecule has 0 unspecified atom stereocenters. The Morgan fingerprint density at radius 1 is 1.12 bits per heavy atom. The molecule has 1 aliphatic rings. The van der Waals surface area contributed by atoms with Crippen LogP contribution in [0.5, 0.6) is 0 Å². The van der Waals surface area contributed by atoms with Gasteiger partial charge in [0.15, 0.2) is 0 Å². The molecule has 0 saturated carbocycles. The molecule has 2 amide bonds. The Hall–Kier alpha value is -2.62. The molecule has 3 rings (SSSR count). The molecule has 0 aliphatic carbocycles. The number of likely N-dealkylation sites (N-methyl/N-ethyl adjacent to an activating group) is 1. The second kappa shape index (κ2) is 7.51. The molecular formula is C21H24N2O2. The van der Waals surface area contributed by atoms with E-state index >= 15 is 0 Å². The number of carbonyl (C=O) groups is 2. The summed E-state index contributed by atoms with van der Waals surface area (Å²) in [7, 11) is 1.84. The van der Waals surface area contributed by atoms with Crippen molar-refractivity contribution in [3.8, 4) is 0 Å². The number of anilines is 1. The van der Waals surface area contributed by atoms with Crippen LogP contribution < -0.4 is 4.90 Å². The second-order valence-electron chi connectivity index (χ2n) is 6.58. The van der Waals surface area contributed by atoms with E-state index in [2.05, 4.69) is 0 Å². The molecular weight excluding hydrogens is 312 g/mol. The maximum absolute atomic E-state index is 12.6. The SMILES string of the molecule is C[C@@H](c1ccccc1)N(C)C(=O)Cc1ccc(N2CCCC2=O)cc1. The maximum atomic E-state index is 12.6. The second-order valence-corrected chi connectivity index (χ2v) is 6.58. The molecule has 0 spiro atoms. The molecule has 4 heteroatoms. The highest BCUT2D eigenvalue weighted by Crippen LogP contribution is 2.23. The minimum atomic E-state index is 0.0372. The molecule has 1 saturated heterocycles. The average molecular weight is 336 g/mol. The van der Waals surface area contributed by atoms with Crippen LogP contribution in [0.4, 0.5) is 5.69 Å². The van der Waals surface area contributed by atoms with Crippen LogP contribution in [0, 0.1) is 0 Å². The Morgan fingerprint density at radius 3 is 2.40 bits per heavy atom. The van der Waals surface area contributed by atoms with Crippen LogP contribution in [-0.2, 0) is 16.0 Å². The monoisotopic (exact) mass is 336 g/mol. The van der Waals surface area contributed by atoms with Crippen LogP contribution in [0.3, 0.4) is 0 Å². The highest BCUT2D eigenvalue weighted by Gasteiger charge is 2.22. The van der Waals surface area contributed by atoms with Crippen LogP contribution in [0.25, 0.3) is 0 Å². The van der Waals surface area contributed by atoms with E-state index in [4.69, 9.17) is 0 Å². The molecule has 0 aromatic heterocycles. The molecule has 25 heavy (non-hydrogen) atoms. The van der Waals surface area contributed by atoms with Gasteiger partial charge in [0.1, 0.15) is 0 Å². The Balaban J connectivity index is 1.63. The zero-order valence-corrected chi connectivity index (χ0v) is 14.8. The summed E-state index contributed by atoms with van der Waals surface area (Å²) in [4.78, 5) is 28.0. The highest BCUT2D eigenvalue weighted by atomic mass is 16.2. The number of benzene rings is 2. The molecule has 0 bridgehead atoms. The Bertz CT molecular complexity index is 740. The van der Waals surface area contributed by atoms with Crippen LogP contribution in [0.15, 0.2) is 54.6 Å². The van der Waals surface area contributed by atoms with Crippen molar-refractivity contribution in [2.24, 2.45) is 0 Å². The molecule has 4 nitrogen and oxygen atoms in total. The largest absolute Gasteiger partial charge is 0.339 e. The average Bonchev–Trinajstić information content (AvgIpc) is 3.07. The van der Waals surface area contributed by atoms with Crippen molar-refractivity contribution in [2.45, 2.75) is 32.2 Å². The summed E-state index contributed by atoms with van der Waals surface area (Å²) in [5, 5.41) is 0. The first-order valence-corrected chi connectivity index (χ1v) is 8.76. The predicted octanol–water partition coefficient (Wildman–Crippen LogP) is 3.58. The molecule has 1 fully saturated rings. The van der Waals surface area contributed by atoms with Gasteiger partial charge in [-0.2, -0.15) is 0 Å². The van der Waals surface area contributed by atoms with Crippen molar-refractivity contribution in [1.29, 1.82) is 0 Å². The zero-order chi connectivity index (χ0) is 17.8. The summed E-state index contributed by atoms with van der Waals surface area (Å²) in [5.74, 6) is 0.265. The lowest BCUT2D eigenvalue weighted by molar-refractivity contribution is -0.131. The third kappa shape index (κ3) is 3.90. The molecule has 1 aliphatic heterocycles. The van der Waals surface area contributed by atoms with E-state index in [0.717, 1.165) is 29.8 Å². The summed E-state index contributed by atoms with van der Waals surface area (Å²) in [6.45, 7) is 2.82. The minimum absolute atomic E-state index is 0.0372. The van der Waals surface area contributed by atoms with Crippen LogP contribution in [0.1, 0.15) is 36.9 Å². The van der Waals surface area contributed by atoms with Crippen molar-refractivity contribution in [2.75, 3.05) is 18.5 Å². The third-order valence-electron chi connectivity index (χ3n) is 4.93. The van der Waals surface area contributed by atoms with Crippen LogP contribution in [0.2, 0.25) is 0 Å². The topological polar surface area (TPSA) is 40.6 Å². The highest BCUT2D eigenvalue weighted by molar-refractivity contribution is 5.95. The van der Waals surface area contributed by atoms with Crippen molar-refractivity contribution in [3.63, 3.8) is 0 Å². The van der Waals surface area contributed by atoms with Crippen LogP contribution in [-0.4, -0.2) is 30.3 Å². The third-order valence-corrected chi connectivity index (χ3v) is 4.93. The fraction of sp³-hybridized carbons (Fsp3) is 0.333. The molecule has 130 valence electrons. The predicted molar refractivity (Wildman–Crippen MR) is 99.4 cm³/mol. The van der Waals surface area contributed by atoms with E-state index < -0.39 is 0 Å². The van der Waals surface area contributed by atoms with E-state index in [-0.39, 0.29) is 17.9 Å². The number of nitrogens with zero attached hydrogens (tertiary/aromatic N) is 2. The van der Waals surface area contributed by atoms with Gasteiger partial charge in [0.2, 0.25) is 11.8 Å². The van der Waals surface area contributed by atoms with E-state index in [1.54, 1.807) is 4.90 Å². The first-order chi connectivity index (χ1) is 12.1. The quantitative estimate of drug-likeness (QED) is 0.837. The van der Waals surface area contributed by atoms with Gasteiger partial charge in [0, 0.05) is 25.7 Å². The zero-order valence-electron chi connectivity index (χ0n) is 14.8. The van der Waals surface area contributed by atoms with Gasteiger partial charge in [-0.05, 0) is 36.6 Å². The number of hydrogen-bond acceptors (Lipinski definition) is 2. The number of carbonyl (C=O) groups excluding carboxylic acids is 2. The van der Waals surface area contributed by atoms with E-state index in [1.165, 1.54) is 0 Å². The first-order valence-electron chi connectivity index (χ1n) is 8.76. The normalized spacial score (nSPS) is 15.3. The number of amides is 2. The summed E-state index contributed by atoms with van der Waals surface area (Å²) < 4.78 is 0. The molecule has 1 heterocycles. The van der Waals surface area contributed by atoms with Gasteiger partial charge >= 0.3 is 0 Å². The summed E-state index contributed by atoms with van der Waals surface area (Å²) in [6, 6.07) is 17.8. The fourth-order valence-electron chi connectivity index (χ4n) is 3.19. The summed E-state index contributed by atoms with van der Waals surface area (Å²) in [5.41, 5.74) is 3.01. The lowest BCUT2D eigenvalue weighted by Crippen LogP contribution is -2.31. The van der Waals surface area contributed by atoms with E-state index in [0.29, 0.717) is 12.8 Å². The molecule has 1 atom stereocenters. The summed E-state index contributed by atoms with van der Waals surface area (Å²) >= 11 is 0. The van der Waals surface area contributed by atoms with Gasteiger partial charge in [-0.25, -0.2) is 0 Å². The Morgan fingerprint density at radius 2 is 1.80 bits per heavy atom. The lowest BCUT2D eigenvalue weighted by atomic mass is 10.1. The van der Waals surface area contributed by atoms with Gasteiger partial charge in [0.25, 0.3) is 0 Å². The van der Waals surface area contributed by atoms with Crippen molar-refractivity contribution >= 4 is 17.5 Å². The molecule has 2 aromatic rings. The summed E-state index contributed by atoms with van der Waals surface area (Å²) in [6.07, 6.45) is 1.91. The molecule has 0 radical (unpaired) electrons. The molecule has 0 N–H and O–H groups in total. The van der Waals surface area contributed by atoms with Crippen molar-refractivity contribution in [3.05, 3.63) is 65.7 Å².